The summed E-state index contributed by atoms with van der Waals surface area (Å²) in [4.78, 5) is 0. The third kappa shape index (κ3) is 3.70. The van der Waals surface area contributed by atoms with E-state index in [1.807, 2.05) is 0 Å². The summed E-state index contributed by atoms with van der Waals surface area (Å²) in [5.41, 5.74) is -2.16. The zero-order valence-corrected chi connectivity index (χ0v) is 12.4. The Morgan fingerprint density at radius 2 is 1.90 bits per heavy atom. The number of hydrogen-bond acceptors (Lipinski definition) is 5. The molecule has 2 aliphatic rings. The summed E-state index contributed by atoms with van der Waals surface area (Å²) in [5, 5.41) is 21.7. The van der Waals surface area contributed by atoms with E-state index in [1.165, 1.54) is 5.06 Å². The van der Waals surface area contributed by atoms with Gasteiger partial charge in [0.25, 0.3) is 0 Å². The highest BCUT2D eigenvalue weighted by Crippen LogP contribution is 2.41. The number of ether oxygens (including phenoxy) is 1. The van der Waals surface area contributed by atoms with Crippen molar-refractivity contribution in [2.45, 2.75) is 30.5 Å². The number of nitrogens with zero attached hydrogens (tertiary/aromatic N) is 2. The molecular weight excluding hydrogens is 275 g/mol. The Bertz CT molecular complexity index is 395. The highest BCUT2D eigenvalue weighted by Gasteiger charge is 2.50. The maximum absolute atomic E-state index is 15.1. The molecule has 0 aliphatic carbocycles. The molecule has 0 radical (unpaired) electrons. The van der Waals surface area contributed by atoms with Crippen molar-refractivity contribution in [2.75, 3.05) is 32.8 Å². The quantitative estimate of drug-likeness (QED) is 0.735. The first-order valence-corrected chi connectivity index (χ1v) is 7.35. The molecule has 2 N–H and O–H groups in total. The smallest absolute Gasteiger partial charge is 0.133 e. The predicted octanol–water partition coefficient (Wildman–Crippen LogP) is 2.02. The van der Waals surface area contributed by atoms with Crippen LogP contribution in [0.2, 0.25) is 0 Å². The minimum Gasteiger partial charge on any atom is -0.372 e. The standard InChI is InChI=1S/C15H25FN2O3/c1-3-5-14(11-17(19)7-8-21-14)9-13-10-18(20)12-15(13,16)6-4-2/h3-4,13,19-20H,1-2,5-12H2. The Hall–Kier alpha value is -0.790. The van der Waals surface area contributed by atoms with Crippen molar-refractivity contribution < 1.29 is 19.5 Å². The molecule has 2 heterocycles. The van der Waals surface area contributed by atoms with Gasteiger partial charge in [-0.05, 0) is 12.8 Å². The second-order valence-corrected chi connectivity index (χ2v) is 6.19. The SMILES string of the molecule is C=CCC1(CC2CN(O)CC2(F)CC=C)CN(O)CCO1. The molecule has 2 fully saturated rings. The van der Waals surface area contributed by atoms with E-state index in [2.05, 4.69) is 13.2 Å². The van der Waals surface area contributed by atoms with Gasteiger partial charge in [-0.1, -0.05) is 12.2 Å². The maximum Gasteiger partial charge on any atom is 0.133 e. The van der Waals surface area contributed by atoms with Gasteiger partial charge >= 0.3 is 0 Å². The number of rotatable bonds is 6. The Kier molecular flexibility index (Phi) is 5.16. The molecule has 2 saturated heterocycles. The maximum atomic E-state index is 15.1. The van der Waals surface area contributed by atoms with Crippen molar-refractivity contribution in [3.05, 3.63) is 25.3 Å². The molecule has 0 amide bonds. The van der Waals surface area contributed by atoms with Crippen molar-refractivity contribution in [1.29, 1.82) is 0 Å². The Morgan fingerprint density at radius 1 is 1.19 bits per heavy atom. The normalized spacial score (nSPS) is 38.5. The first kappa shape index (κ1) is 16.6. The van der Waals surface area contributed by atoms with E-state index < -0.39 is 11.3 Å². The van der Waals surface area contributed by atoms with Gasteiger partial charge in [0.2, 0.25) is 0 Å². The van der Waals surface area contributed by atoms with Gasteiger partial charge in [0.15, 0.2) is 0 Å². The average molecular weight is 300 g/mol. The molecule has 0 aromatic carbocycles. The second kappa shape index (κ2) is 6.54. The number of morpholine rings is 1. The largest absolute Gasteiger partial charge is 0.372 e. The number of hydrogen-bond donors (Lipinski definition) is 2. The molecule has 6 heteroatoms. The number of allylic oxidation sites excluding steroid dienone is 1. The summed E-state index contributed by atoms with van der Waals surface area (Å²) >= 11 is 0. The van der Waals surface area contributed by atoms with E-state index in [1.54, 1.807) is 12.2 Å². The lowest BCUT2D eigenvalue weighted by Gasteiger charge is -2.42. The number of hydroxylamine groups is 4. The first-order valence-electron chi connectivity index (χ1n) is 7.35. The van der Waals surface area contributed by atoms with Crippen LogP contribution in [-0.2, 0) is 4.74 Å². The number of alkyl halides is 1. The van der Waals surface area contributed by atoms with Crippen LogP contribution in [-0.4, -0.2) is 64.6 Å². The van der Waals surface area contributed by atoms with Gasteiger partial charge in [-0.15, -0.1) is 13.2 Å². The van der Waals surface area contributed by atoms with Gasteiger partial charge in [0.1, 0.15) is 5.67 Å². The molecule has 3 atom stereocenters. The summed E-state index contributed by atoms with van der Waals surface area (Å²) < 4.78 is 20.9. The summed E-state index contributed by atoms with van der Waals surface area (Å²) in [5.74, 6) is -0.369. The molecule has 120 valence electrons. The van der Waals surface area contributed by atoms with Crippen LogP contribution >= 0.6 is 0 Å². The van der Waals surface area contributed by atoms with Gasteiger partial charge in [-0.25, -0.2) is 4.39 Å². The summed E-state index contributed by atoms with van der Waals surface area (Å²) in [6, 6.07) is 0. The zero-order chi connectivity index (χ0) is 15.5. The fourth-order valence-electron chi connectivity index (χ4n) is 3.50. The summed E-state index contributed by atoms with van der Waals surface area (Å²) in [6.07, 6.45) is 4.44. The summed E-state index contributed by atoms with van der Waals surface area (Å²) in [6.45, 7) is 8.76. The van der Waals surface area contributed by atoms with Crippen molar-refractivity contribution in [2.24, 2.45) is 5.92 Å². The molecule has 0 aromatic rings. The van der Waals surface area contributed by atoms with Crippen LogP contribution in [0.1, 0.15) is 19.3 Å². The lowest BCUT2D eigenvalue weighted by atomic mass is 9.79. The van der Waals surface area contributed by atoms with Gasteiger partial charge < -0.3 is 15.2 Å². The van der Waals surface area contributed by atoms with E-state index in [0.29, 0.717) is 32.5 Å². The van der Waals surface area contributed by atoms with E-state index in [-0.39, 0.29) is 25.4 Å². The monoisotopic (exact) mass is 300 g/mol. The predicted molar refractivity (Wildman–Crippen MR) is 77.0 cm³/mol. The zero-order valence-electron chi connectivity index (χ0n) is 12.4. The van der Waals surface area contributed by atoms with Crippen molar-refractivity contribution >= 4 is 0 Å². The van der Waals surface area contributed by atoms with Crippen LogP contribution in [0.15, 0.2) is 25.3 Å². The van der Waals surface area contributed by atoms with Crippen LogP contribution in [0.3, 0.4) is 0 Å². The van der Waals surface area contributed by atoms with Crippen molar-refractivity contribution in [3.8, 4) is 0 Å². The Morgan fingerprint density at radius 3 is 2.52 bits per heavy atom. The molecular formula is C15H25FN2O3. The minimum atomic E-state index is -1.51. The first-order chi connectivity index (χ1) is 9.93. The highest BCUT2D eigenvalue weighted by molar-refractivity contribution is 5.04. The molecule has 5 nitrogen and oxygen atoms in total. The summed E-state index contributed by atoms with van der Waals surface area (Å²) in [7, 11) is 0. The van der Waals surface area contributed by atoms with E-state index in [4.69, 9.17) is 4.74 Å². The highest BCUT2D eigenvalue weighted by atomic mass is 19.1. The fraction of sp³-hybridized carbons (Fsp3) is 0.733. The topological polar surface area (TPSA) is 56.2 Å². The fourth-order valence-corrected chi connectivity index (χ4v) is 3.50. The molecule has 0 saturated carbocycles. The van der Waals surface area contributed by atoms with Crippen LogP contribution < -0.4 is 0 Å². The van der Waals surface area contributed by atoms with Crippen LogP contribution in [0.5, 0.6) is 0 Å². The molecule has 0 spiro atoms. The van der Waals surface area contributed by atoms with Gasteiger partial charge in [-0.2, -0.15) is 10.1 Å². The third-order valence-corrected chi connectivity index (χ3v) is 4.45. The van der Waals surface area contributed by atoms with Crippen molar-refractivity contribution in [3.63, 3.8) is 0 Å². The van der Waals surface area contributed by atoms with Gasteiger partial charge in [0.05, 0.1) is 25.3 Å². The lowest BCUT2D eigenvalue weighted by Crippen LogP contribution is -2.53. The molecule has 21 heavy (non-hydrogen) atoms. The molecule has 0 aromatic heterocycles. The molecule has 2 aliphatic heterocycles. The van der Waals surface area contributed by atoms with Gasteiger partial charge in [0, 0.05) is 25.4 Å². The Labute approximate surface area is 125 Å². The van der Waals surface area contributed by atoms with E-state index in [9.17, 15) is 10.4 Å². The average Bonchev–Trinajstić information content (AvgIpc) is 2.64. The van der Waals surface area contributed by atoms with Crippen LogP contribution in [0.25, 0.3) is 0 Å². The second-order valence-electron chi connectivity index (χ2n) is 6.19. The molecule has 2 rings (SSSR count). The van der Waals surface area contributed by atoms with Crippen LogP contribution in [0, 0.1) is 5.92 Å². The molecule has 0 bridgehead atoms. The van der Waals surface area contributed by atoms with E-state index in [0.717, 1.165) is 5.06 Å². The Balaban J connectivity index is 2.15. The van der Waals surface area contributed by atoms with E-state index >= 15 is 4.39 Å². The lowest BCUT2D eigenvalue weighted by molar-refractivity contribution is -0.214. The third-order valence-electron chi connectivity index (χ3n) is 4.45. The minimum absolute atomic E-state index is 0.0172. The molecule has 3 unspecified atom stereocenters. The van der Waals surface area contributed by atoms with Crippen molar-refractivity contribution in [1.82, 2.24) is 10.1 Å². The number of halogens is 1. The van der Waals surface area contributed by atoms with Crippen LogP contribution in [0.4, 0.5) is 4.39 Å². The van der Waals surface area contributed by atoms with Gasteiger partial charge in [-0.3, -0.25) is 0 Å².